The maximum Gasteiger partial charge on any atom is 0.407 e. The molecule has 2 aliphatic rings. The molecule has 3 atom stereocenters. The Morgan fingerprint density at radius 3 is 2.24 bits per heavy atom. The SMILES string of the molecule is CO[C@H](C)[C@H](NC(=O)OCC1c2ccccc2-c2ccccc21)C(=O)N1CCC(C)(C(=O)O)C1. The number of hydrogen-bond donors (Lipinski definition) is 2. The zero-order valence-electron chi connectivity index (χ0n) is 19.6. The second-order valence-electron chi connectivity index (χ2n) is 9.26. The zero-order chi connectivity index (χ0) is 24.5. The van der Waals surface area contributed by atoms with Gasteiger partial charge in [-0.2, -0.15) is 0 Å². The molecular formula is C26H30N2O6. The van der Waals surface area contributed by atoms with Crippen LogP contribution < -0.4 is 5.32 Å². The van der Waals surface area contributed by atoms with E-state index in [0.29, 0.717) is 13.0 Å². The Morgan fingerprint density at radius 1 is 1.12 bits per heavy atom. The molecule has 1 aliphatic carbocycles. The highest BCUT2D eigenvalue weighted by atomic mass is 16.5. The van der Waals surface area contributed by atoms with E-state index in [1.807, 2.05) is 36.4 Å². The first-order valence-corrected chi connectivity index (χ1v) is 11.4. The third-order valence-electron chi connectivity index (χ3n) is 7.03. The van der Waals surface area contributed by atoms with Crippen LogP contribution in [0.1, 0.15) is 37.3 Å². The van der Waals surface area contributed by atoms with Gasteiger partial charge >= 0.3 is 12.1 Å². The summed E-state index contributed by atoms with van der Waals surface area (Å²) in [6.45, 7) is 3.82. The number of carbonyl (C=O) groups is 3. The Morgan fingerprint density at radius 2 is 1.71 bits per heavy atom. The van der Waals surface area contributed by atoms with E-state index < -0.39 is 29.6 Å². The van der Waals surface area contributed by atoms with Gasteiger partial charge in [0, 0.05) is 26.1 Å². The lowest BCUT2D eigenvalue weighted by Crippen LogP contribution is -2.54. The quantitative estimate of drug-likeness (QED) is 0.649. The number of ether oxygens (including phenoxy) is 2. The second kappa shape index (κ2) is 9.46. The summed E-state index contributed by atoms with van der Waals surface area (Å²) < 4.78 is 10.9. The summed E-state index contributed by atoms with van der Waals surface area (Å²) in [6, 6.07) is 15.1. The van der Waals surface area contributed by atoms with Gasteiger partial charge < -0.3 is 24.8 Å². The van der Waals surface area contributed by atoms with Crippen LogP contribution in [0.25, 0.3) is 11.1 Å². The van der Waals surface area contributed by atoms with Crippen LogP contribution >= 0.6 is 0 Å². The van der Waals surface area contributed by atoms with Gasteiger partial charge in [0.25, 0.3) is 0 Å². The molecule has 1 saturated heterocycles. The van der Waals surface area contributed by atoms with Gasteiger partial charge in [-0.1, -0.05) is 48.5 Å². The molecule has 0 radical (unpaired) electrons. The van der Waals surface area contributed by atoms with Gasteiger partial charge in [0.05, 0.1) is 11.5 Å². The number of carbonyl (C=O) groups excluding carboxylic acids is 2. The van der Waals surface area contributed by atoms with Crippen molar-refractivity contribution in [2.75, 3.05) is 26.8 Å². The van der Waals surface area contributed by atoms with Gasteiger partial charge in [-0.25, -0.2) is 4.79 Å². The molecule has 1 aliphatic heterocycles. The predicted molar refractivity (Wildman–Crippen MR) is 125 cm³/mol. The third kappa shape index (κ3) is 4.37. The molecule has 1 fully saturated rings. The summed E-state index contributed by atoms with van der Waals surface area (Å²) in [5.74, 6) is -1.42. The van der Waals surface area contributed by atoms with Crippen molar-refractivity contribution >= 4 is 18.0 Å². The molecule has 8 nitrogen and oxygen atoms in total. The van der Waals surface area contributed by atoms with Crippen molar-refractivity contribution < 1.29 is 29.0 Å². The maximum atomic E-state index is 13.2. The van der Waals surface area contributed by atoms with Gasteiger partial charge in [0.15, 0.2) is 0 Å². The van der Waals surface area contributed by atoms with E-state index in [1.165, 1.54) is 12.0 Å². The molecule has 2 N–H and O–H groups in total. The lowest BCUT2D eigenvalue weighted by atomic mass is 9.90. The van der Waals surface area contributed by atoms with Gasteiger partial charge in [-0.15, -0.1) is 0 Å². The van der Waals surface area contributed by atoms with E-state index in [2.05, 4.69) is 17.4 Å². The minimum absolute atomic E-state index is 0.0838. The fourth-order valence-corrected chi connectivity index (χ4v) is 4.80. The van der Waals surface area contributed by atoms with E-state index in [1.54, 1.807) is 13.8 Å². The molecule has 0 spiro atoms. The molecule has 2 amide bonds. The number of nitrogens with one attached hydrogen (secondary N) is 1. The molecule has 1 heterocycles. The Labute approximate surface area is 198 Å². The minimum atomic E-state index is -1.000. The van der Waals surface area contributed by atoms with Crippen LogP contribution in [-0.4, -0.2) is 66.9 Å². The van der Waals surface area contributed by atoms with Crippen molar-refractivity contribution in [1.82, 2.24) is 10.2 Å². The van der Waals surface area contributed by atoms with Crippen LogP contribution in [0.2, 0.25) is 0 Å². The monoisotopic (exact) mass is 466 g/mol. The average Bonchev–Trinajstić information content (AvgIpc) is 3.40. The van der Waals surface area contributed by atoms with E-state index in [4.69, 9.17) is 9.47 Å². The number of rotatable bonds is 7. The van der Waals surface area contributed by atoms with Crippen LogP contribution in [0.3, 0.4) is 0 Å². The van der Waals surface area contributed by atoms with Crippen LogP contribution in [-0.2, 0) is 19.1 Å². The number of likely N-dealkylation sites (tertiary alicyclic amines) is 1. The number of aliphatic carboxylic acids is 1. The summed E-state index contributed by atoms with van der Waals surface area (Å²) in [6.07, 6.45) is -0.985. The molecule has 0 bridgehead atoms. The smallest absolute Gasteiger partial charge is 0.407 e. The highest BCUT2D eigenvalue weighted by molar-refractivity contribution is 5.88. The van der Waals surface area contributed by atoms with E-state index in [0.717, 1.165) is 22.3 Å². The first kappa shape index (κ1) is 23.8. The topological polar surface area (TPSA) is 105 Å². The van der Waals surface area contributed by atoms with E-state index >= 15 is 0 Å². The number of amides is 2. The number of methoxy groups -OCH3 is 1. The van der Waals surface area contributed by atoms with Gasteiger partial charge in [0.1, 0.15) is 12.6 Å². The fraction of sp³-hybridized carbons (Fsp3) is 0.423. The number of alkyl carbamates (subject to hydrolysis) is 1. The number of nitrogens with zero attached hydrogens (tertiary/aromatic N) is 1. The Kier molecular flexibility index (Phi) is 6.61. The molecule has 0 saturated carbocycles. The zero-order valence-corrected chi connectivity index (χ0v) is 19.6. The summed E-state index contributed by atoms with van der Waals surface area (Å²) in [5, 5.41) is 12.1. The average molecular weight is 467 g/mol. The lowest BCUT2D eigenvalue weighted by Gasteiger charge is -2.28. The van der Waals surface area contributed by atoms with Gasteiger partial charge in [-0.3, -0.25) is 9.59 Å². The lowest BCUT2D eigenvalue weighted by molar-refractivity contribution is -0.147. The molecule has 2 aromatic rings. The number of carboxylic acid groups (broad SMARTS) is 1. The molecule has 2 aromatic carbocycles. The first-order valence-electron chi connectivity index (χ1n) is 11.4. The highest BCUT2D eigenvalue weighted by Crippen LogP contribution is 2.44. The van der Waals surface area contributed by atoms with Gasteiger partial charge in [-0.05, 0) is 42.5 Å². The van der Waals surface area contributed by atoms with Crippen molar-refractivity contribution in [2.45, 2.75) is 38.3 Å². The van der Waals surface area contributed by atoms with Crippen molar-refractivity contribution in [2.24, 2.45) is 5.41 Å². The number of carboxylic acids is 1. The number of benzene rings is 2. The van der Waals surface area contributed by atoms with Crippen molar-refractivity contribution in [3.63, 3.8) is 0 Å². The molecule has 180 valence electrons. The highest BCUT2D eigenvalue weighted by Gasteiger charge is 2.44. The molecular weight excluding hydrogens is 436 g/mol. The van der Waals surface area contributed by atoms with Crippen LogP contribution in [0.15, 0.2) is 48.5 Å². The Bertz CT molecular complexity index is 1060. The van der Waals surface area contributed by atoms with Crippen molar-refractivity contribution in [1.29, 1.82) is 0 Å². The standard InChI is InChI=1S/C26H30N2O6/c1-16(33-3)22(23(29)28-13-12-26(2,15-28)24(30)31)27-25(32)34-14-21-19-10-6-4-8-17(19)18-9-5-7-11-20(18)21/h4-11,16,21-22H,12-15H2,1-3H3,(H,27,32)(H,30,31)/t16-,22+,26?/m1/s1. The largest absolute Gasteiger partial charge is 0.481 e. The molecule has 34 heavy (non-hydrogen) atoms. The first-order chi connectivity index (χ1) is 16.2. The predicted octanol–water partition coefficient (Wildman–Crippen LogP) is 3.25. The second-order valence-corrected chi connectivity index (χ2v) is 9.26. The maximum absolute atomic E-state index is 13.2. The Hall–Kier alpha value is -3.39. The van der Waals surface area contributed by atoms with E-state index in [-0.39, 0.29) is 25.0 Å². The van der Waals surface area contributed by atoms with Crippen molar-refractivity contribution in [3.8, 4) is 11.1 Å². The fourth-order valence-electron chi connectivity index (χ4n) is 4.80. The van der Waals surface area contributed by atoms with Crippen LogP contribution in [0.4, 0.5) is 4.79 Å². The summed E-state index contributed by atoms with van der Waals surface area (Å²) in [7, 11) is 1.45. The Balaban J connectivity index is 1.43. The van der Waals surface area contributed by atoms with Crippen LogP contribution in [0, 0.1) is 5.41 Å². The van der Waals surface area contributed by atoms with E-state index in [9.17, 15) is 19.5 Å². The molecule has 4 rings (SSSR count). The van der Waals surface area contributed by atoms with Crippen LogP contribution in [0.5, 0.6) is 0 Å². The number of fused-ring (bicyclic) bond motifs is 3. The third-order valence-corrected chi connectivity index (χ3v) is 7.03. The summed E-state index contributed by atoms with van der Waals surface area (Å²) in [5.41, 5.74) is 3.45. The normalized spacial score (nSPS) is 20.9. The minimum Gasteiger partial charge on any atom is -0.481 e. The molecule has 8 heteroatoms. The van der Waals surface area contributed by atoms with Crippen molar-refractivity contribution in [3.05, 3.63) is 59.7 Å². The molecule has 0 aromatic heterocycles. The molecule has 1 unspecified atom stereocenters. The number of hydrogen-bond acceptors (Lipinski definition) is 5. The summed E-state index contributed by atoms with van der Waals surface area (Å²) >= 11 is 0. The summed E-state index contributed by atoms with van der Waals surface area (Å²) in [4.78, 5) is 39.0. The van der Waals surface area contributed by atoms with Gasteiger partial charge in [0.2, 0.25) is 5.91 Å².